The van der Waals surface area contributed by atoms with Gasteiger partial charge in [0.1, 0.15) is 0 Å². The van der Waals surface area contributed by atoms with Crippen molar-refractivity contribution in [1.29, 1.82) is 0 Å². The number of hydrogen-bond donors (Lipinski definition) is 2. The number of thiophene rings is 1. The Morgan fingerprint density at radius 3 is 2.79 bits per heavy atom. The first-order valence-electron chi connectivity index (χ1n) is 6.24. The molecule has 0 fully saturated rings. The van der Waals surface area contributed by atoms with Gasteiger partial charge in [0.15, 0.2) is 0 Å². The van der Waals surface area contributed by atoms with Crippen molar-refractivity contribution in [3.8, 4) is 0 Å². The van der Waals surface area contributed by atoms with E-state index in [0.717, 1.165) is 16.1 Å². The second-order valence-electron chi connectivity index (χ2n) is 4.62. The maximum absolute atomic E-state index is 9.12. The largest absolute Gasteiger partial charge is 0.398 e. The lowest BCUT2D eigenvalue weighted by molar-refractivity contribution is 0.304. The number of aliphatic hydroxyl groups excluding tert-OH is 1. The van der Waals surface area contributed by atoms with Crippen LogP contribution in [0.15, 0.2) is 36.4 Å². The highest BCUT2D eigenvalue weighted by atomic mass is 32.1. The highest BCUT2D eigenvalue weighted by molar-refractivity contribution is 7.26. The second-order valence-corrected chi connectivity index (χ2v) is 5.67. The Hall–Kier alpha value is -1.78. The molecule has 0 saturated carbocycles. The first-order valence-corrected chi connectivity index (χ1v) is 7.05. The van der Waals surface area contributed by atoms with E-state index in [9.17, 15) is 0 Å². The summed E-state index contributed by atoms with van der Waals surface area (Å²) >= 11 is 1.72. The van der Waals surface area contributed by atoms with Crippen LogP contribution in [0.25, 0.3) is 20.2 Å². The Morgan fingerprint density at radius 1 is 1.21 bits per heavy atom. The van der Waals surface area contributed by atoms with Crippen LogP contribution < -0.4 is 10.6 Å². The number of nitrogens with two attached hydrogens (primary N) is 1. The Morgan fingerprint density at radius 2 is 2.00 bits per heavy atom. The molecule has 0 saturated heterocycles. The topological polar surface area (TPSA) is 49.5 Å². The zero-order valence-electron chi connectivity index (χ0n) is 10.8. The number of rotatable bonds is 3. The molecular weight excluding hydrogens is 256 g/mol. The van der Waals surface area contributed by atoms with Gasteiger partial charge < -0.3 is 15.7 Å². The fourth-order valence-electron chi connectivity index (χ4n) is 2.42. The van der Waals surface area contributed by atoms with E-state index in [0.29, 0.717) is 6.54 Å². The summed E-state index contributed by atoms with van der Waals surface area (Å²) in [5.74, 6) is 0. The predicted molar refractivity (Wildman–Crippen MR) is 84.1 cm³/mol. The average Bonchev–Trinajstić information content (AvgIpc) is 2.80. The minimum atomic E-state index is 0.143. The molecule has 19 heavy (non-hydrogen) atoms. The van der Waals surface area contributed by atoms with Crippen molar-refractivity contribution < 1.29 is 5.11 Å². The number of nitrogens with zero attached hydrogens (tertiary/aromatic N) is 1. The molecule has 0 aliphatic heterocycles. The van der Waals surface area contributed by atoms with E-state index in [1.807, 2.05) is 31.3 Å². The van der Waals surface area contributed by atoms with Crippen LogP contribution in [0, 0.1) is 0 Å². The average molecular weight is 272 g/mol. The highest BCUT2D eigenvalue weighted by Gasteiger charge is 2.13. The molecule has 0 radical (unpaired) electrons. The van der Waals surface area contributed by atoms with Crippen LogP contribution in [-0.2, 0) is 0 Å². The van der Waals surface area contributed by atoms with Crippen molar-refractivity contribution in [2.45, 2.75) is 0 Å². The van der Waals surface area contributed by atoms with E-state index >= 15 is 0 Å². The second kappa shape index (κ2) is 4.72. The normalized spacial score (nSPS) is 11.3. The number of anilines is 2. The maximum Gasteiger partial charge on any atom is 0.0606 e. The summed E-state index contributed by atoms with van der Waals surface area (Å²) in [6.45, 7) is 0.758. The standard InChI is InChI=1S/C15H16N2OS/c1-17(8-9-18)12-7-6-11(16)15-14(12)10-4-2-3-5-13(10)19-15/h2-7,18H,8-9,16H2,1H3. The number of aliphatic hydroxyl groups is 1. The van der Waals surface area contributed by atoms with Crippen molar-refractivity contribution in [2.24, 2.45) is 0 Å². The number of benzene rings is 2. The van der Waals surface area contributed by atoms with E-state index in [2.05, 4.69) is 17.0 Å². The van der Waals surface area contributed by atoms with Gasteiger partial charge in [-0.2, -0.15) is 0 Å². The summed E-state index contributed by atoms with van der Waals surface area (Å²) in [7, 11) is 1.99. The molecule has 98 valence electrons. The highest BCUT2D eigenvalue weighted by Crippen LogP contribution is 2.42. The zero-order chi connectivity index (χ0) is 13.4. The lowest BCUT2D eigenvalue weighted by Gasteiger charge is -2.19. The van der Waals surface area contributed by atoms with Crippen LogP contribution in [0.4, 0.5) is 11.4 Å². The van der Waals surface area contributed by atoms with Gasteiger partial charge in [0, 0.05) is 40.4 Å². The first kappa shape index (κ1) is 12.3. The molecule has 0 bridgehead atoms. The van der Waals surface area contributed by atoms with Gasteiger partial charge in [-0.3, -0.25) is 0 Å². The Kier molecular flexibility index (Phi) is 3.05. The van der Waals surface area contributed by atoms with Gasteiger partial charge in [0.2, 0.25) is 0 Å². The van der Waals surface area contributed by atoms with Gasteiger partial charge in [-0.05, 0) is 18.2 Å². The summed E-state index contributed by atoms with van der Waals surface area (Å²) < 4.78 is 2.37. The van der Waals surface area contributed by atoms with Gasteiger partial charge in [-0.15, -0.1) is 11.3 Å². The number of hydrogen-bond acceptors (Lipinski definition) is 4. The third kappa shape index (κ3) is 1.93. The van der Waals surface area contributed by atoms with Crippen molar-refractivity contribution in [3.05, 3.63) is 36.4 Å². The minimum absolute atomic E-state index is 0.143. The van der Waals surface area contributed by atoms with Crippen LogP contribution in [0.5, 0.6) is 0 Å². The van der Waals surface area contributed by atoms with Crippen LogP contribution in [0.1, 0.15) is 0 Å². The van der Waals surface area contributed by atoms with E-state index in [1.54, 1.807) is 11.3 Å². The molecule has 1 aromatic heterocycles. The van der Waals surface area contributed by atoms with Crippen LogP contribution >= 0.6 is 11.3 Å². The number of nitrogen functional groups attached to an aromatic ring is 1. The van der Waals surface area contributed by atoms with Gasteiger partial charge >= 0.3 is 0 Å². The Balaban J connectivity index is 2.36. The summed E-state index contributed by atoms with van der Waals surface area (Å²) in [5, 5.41) is 11.5. The Bertz CT molecular complexity index is 735. The summed E-state index contributed by atoms with van der Waals surface area (Å²) in [6, 6.07) is 12.3. The molecule has 3 nitrogen and oxygen atoms in total. The van der Waals surface area contributed by atoms with Crippen LogP contribution in [0.2, 0.25) is 0 Å². The minimum Gasteiger partial charge on any atom is -0.398 e. The molecule has 0 spiro atoms. The molecule has 3 rings (SSSR count). The van der Waals surface area contributed by atoms with Crippen molar-refractivity contribution >= 4 is 42.9 Å². The Labute approximate surface area is 115 Å². The van der Waals surface area contributed by atoms with Gasteiger partial charge in [-0.1, -0.05) is 18.2 Å². The smallest absolute Gasteiger partial charge is 0.0606 e. The first-order chi connectivity index (χ1) is 9.22. The van der Waals surface area contributed by atoms with Crippen LogP contribution in [-0.4, -0.2) is 25.3 Å². The number of likely N-dealkylation sites (N-methyl/N-ethyl adjacent to an activating group) is 1. The van der Waals surface area contributed by atoms with E-state index in [4.69, 9.17) is 10.8 Å². The van der Waals surface area contributed by atoms with Crippen LogP contribution in [0.3, 0.4) is 0 Å². The fourth-order valence-corrected chi connectivity index (χ4v) is 3.57. The van der Waals surface area contributed by atoms with E-state index in [1.165, 1.54) is 15.5 Å². The molecule has 3 aromatic rings. The predicted octanol–water partition coefficient (Wildman–Crippen LogP) is 3.07. The summed E-state index contributed by atoms with van der Waals surface area (Å²) in [5.41, 5.74) is 8.04. The molecule has 3 N–H and O–H groups in total. The maximum atomic E-state index is 9.12. The molecule has 1 heterocycles. The fraction of sp³-hybridized carbons (Fsp3) is 0.200. The molecule has 0 atom stereocenters. The van der Waals surface area contributed by atoms with E-state index in [-0.39, 0.29) is 6.61 Å². The lowest BCUT2D eigenvalue weighted by atomic mass is 10.1. The molecule has 0 aliphatic carbocycles. The van der Waals surface area contributed by atoms with Crippen molar-refractivity contribution in [1.82, 2.24) is 0 Å². The molecule has 0 unspecified atom stereocenters. The van der Waals surface area contributed by atoms with Gasteiger partial charge in [-0.25, -0.2) is 0 Å². The van der Waals surface area contributed by atoms with E-state index < -0.39 is 0 Å². The zero-order valence-corrected chi connectivity index (χ0v) is 11.6. The molecule has 4 heteroatoms. The quantitative estimate of drug-likeness (QED) is 0.720. The van der Waals surface area contributed by atoms with Gasteiger partial charge in [0.05, 0.1) is 11.3 Å². The summed E-state index contributed by atoms with van der Waals surface area (Å²) in [6.07, 6.45) is 0. The number of fused-ring (bicyclic) bond motifs is 3. The monoisotopic (exact) mass is 272 g/mol. The third-order valence-corrected chi connectivity index (χ3v) is 4.60. The SMILES string of the molecule is CN(CCO)c1ccc(N)c2sc3ccccc3c12. The molecule has 2 aromatic carbocycles. The lowest BCUT2D eigenvalue weighted by Crippen LogP contribution is -2.21. The van der Waals surface area contributed by atoms with Crippen molar-refractivity contribution in [3.63, 3.8) is 0 Å². The third-order valence-electron chi connectivity index (χ3n) is 3.38. The van der Waals surface area contributed by atoms with Gasteiger partial charge in [0.25, 0.3) is 0 Å². The molecule has 0 amide bonds. The summed E-state index contributed by atoms with van der Waals surface area (Å²) in [4.78, 5) is 2.07. The molecular formula is C15H16N2OS. The molecule has 0 aliphatic rings. The van der Waals surface area contributed by atoms with Crippen molar-refractivity contribution in [2.75, 3.05) is 30.8 Å².